The van der Waals surface area contributed by atoms with E-state index < -0.39 is 18.1 Å². The maximum atomic E-state index is 13.3. The lowest BCUT2D eigenvalue weighted by molar-refractivity contribution is -0.361. The highest BCUT2D eigenvalue weighted by Crippen LogP contribution is 2.45. The Morgan fingerprint density at radius 2 is 1.67 bits per heavy atom. The van der Waals surface area contributed by atoms with Crippen molar-refractivity contribution >= 4 is 56.3 Å². The largest absolute Gasteiger partial charge is 0.487 e. The molecule has 0 aliphatic carbocycles. The normalized spacial score (nSPS) is 13.0. The fourth-order valence-electron chi connectivity index (χ4n) is 2.00. The molecule has 2 aromatic rings. The van der Waals surface area contributed by atoms with Gasteiger partial charge in [0.2, 0.25) is 0 Å². The van der Waals surface area contributed by atoms with E-state index in [1.165, 1.54) is 6.07 Å². The third kappa shape index (κ3) is 5.90. The Labute approximate surface area is 192 Å². The summed E-state index contributed by atoms with van der Waals surface area (Å²) in [7, 11) is 0. The molecule has 0 atom stereocenters. The highest BCUT2D eigenvalue weighted by atomic mass is 127. The number of hydrazone groups is 1. The second-order valence-corrected chi connectivity index (χ2v) is 8.25. The number of hydrogen-bond donors (Lipinski definition) is 1. The number of benzene rings is 2. The summed E-state index contributed by atoms with van der Waals surface area (Å²) in [4.78, 5) is 0. The lowest BCUT2D eigenvalue weighted by Crippen LogP contribution is -2.58. The first kappa shape index (κ1) is 25.0. The summed E-state index contributed by atoms with van der Waals surface area (Å²) < 4.78 is 95.6. The Bertz CT molecular complexity index is 924. The Balaban J connectivity index is 2.23. The number of halogens is 10. The lowest BCUT2D eigenvalue weighted by atomic mass is 10.2. The average Bonchev–Trinajstić information content (AvgIpc) is 2.61. The summed E-state index contributed by atoms with van der Waals surface area (Å²) in [5.41, 5.74) is 1.35. The Morgan fingerprint density at radius 1 is 1.07 bits per heavy atom. The first-order valence-corrected chi connectivity index (χ1v) is 9.98. The van der Waals surface area contributed by atoms with Gasteiger partial charge in [-0.05, 0) is 52.4 Å². The van der Waals surface area contributed by atoms with Gasteiger partial charge in [-0.2, -0.15) is 35.8 Å². The van der Waals surface area contributed by atoms with E-state index in [0.29, 0.717) is 24.7 Å². The molecule has 0 spiro atoms. The Kier molecular flexibility index (Phi) is 7.89. The van der Waals surface area contributed by atoms with Gasteiger partial charge in [-0.25, -0.2) is 5.43 Å². The first-order chi connectivity index (χ1) is 13.7. The number of nitrogens with one attached hydrogen (secondary N) is 1. The predicted octanol–water partition coefficient (Wildman–Crippen LogP) is 7.00. The van der Waals surface area contributed by atoms with E-state index in [-0.39, 0.29) is 17.9 Å². The van der Waals surface area contributed by atoms with Crippen LogP contribution in [0, 0.1) is 3.57 Å². The molecule has 0 bridgehead atoms. The zero-order valence-corrected chi connectivity index (χ0v) is 18.9. The third-order valence-corrected chi connectivity index (χ3v) is 5.00. The van der Waals surface area contributed by atoms with E-state index in [0.717, 1.165) is 5.56 Å². The fourth-order valence-corrected chi connectivity index (χ4v) is 3.83. The van der Waals surface area contributed by atoms with Crippen LogP contribution < -0.4 is 10.2 Å². The van der Waals surface area contributed by atoms with Crippen LogP contribution in [0.1, 0.15) is 11.1 Å². The van der Waals surface area contributed by atoms with Gasteiger partial charge in [0.1, 0.15) is 12.4 Å². The van der Waals surface area contributed by atoms with Crippen LogP contribution in [0.3, 0.4) is 0 Å². The van der Waals surface area contributed by atoms with Crippen molar-refractivity contribution < 1.29 is 35.5 Å². The van der Waals surface area contributed by atoms with E-state index in [1.54, 1.807) is 30.3 Å². The molecule has 0 aliphatic rings. The smallest absolute Gasteiger partial charge is 0.462 e. The Hall–Kier alpha value is -1.28. The molecule has 30 heavy (non-hydrogen) atoms. The molecule has 0 fully saturated rings. The Morgan fingerprint density at radius 3 is 2.23 bits per heavy atom. The summed E-state index contributed by atoms with van der Waals surface area (Å²) in [6.07, 6.45) is -5.80. The quantitative estimate of drug-likeness (QED) is 0.117. The summed E-state index contributed by atoms with van der Waals surface area (Å²) in [5.74, 6) is -6.16. The molecule has 0 aliphatic heterocycles. The summed E-state index contributed by atoms with van der Waals surface area (Å²) in [6, 6.07) is 3.95. The van der Waals surface area contributed by atoms with E-state index in [4.69, 9.17) is 16.3 Å². The lowest BCUT2D eigenvalue weighted by Gasteiger charge is -2.27. The number of ether oxygens (including phenoxy) is 1. The molecule has 0 unspecified atom stereocenters. The number of hydrogen-bond acceptors (Lipinski definition) is 3. The van der Waals surface area contributed by atoms with Crippen LogP contribution in [0.2, 0.25) is 5.02 Å². The van der Waals surface area contributed by atoms with Gasteiger partial charge in [-0.15, -0.1) is 0 Å². The minimum Gasteiger partial charge on any atom is -0.487 e. The van der Waals surface area contributed by atoms with Crippen molar-refractivity contribution in [3.05, 3.63) is 60.6 Å². The monoisotopic (exact) mass is 632 g/mol. The molecule has 0 aromatic heterocycles. The van der Waals surface area contributed by atoms with Gasteiger partial charge in [-0.3, -0.25) is 0 Å². The van der Waals surface area contributed by atoms with Crippen molar-refractivity contribution in [1.29, 1.82) is 0 Å². The second kappa shape index (κ2) is 9.47. The van der Waals surface area contributed by atoms with Crippen molar-refractivity contribution in [1.82, 2.24) is 5.43 Å². The molecule has 2 aromatic carbocycles. The fraction of sp³-hybridized carbons (Fsp3) is 0.235. The van der Waals surface area contributed by atoms with Gasteiger partial charge in [0.25, 0.3) is 0 Å². The topological polar surface area (TPSA) is 33.6 Å². The molecular weight excluding hydrogens is 623 g/mol. The van der Waals surface area contributed by atoms with Crippen LogP contribution in [0.25, 0.3) is 0 Å². The maximum absolute atomic E-state index is 13.3. The molecular formula is C17H10BrClF7IN2O. The molecule has 2 rings (SSSR count). The third-order valence-electron chi connectivity index (χ3n) is 3.49. The SMILES string of the molecule is FC(F)(F)C(F)(F)C(F)(F)N/N=C\c1cc(Br)cc(I)c1OCc1ccc(Cl)cc1. The van der Waals surface area contributed by atoms with Gasteiger partial charge < -0.3 is 4.74 Å². The molecule has 0 heterocycles. The van der Waals surface area contributed by atoms with Crippen molar-refractivity contribution in [2.75, 3.05) is 0 Å². The van der Waals surface area contributed by atoms with E-state index in [1.807, 2.05) is 22.6 Å². The number of rotatable bonds is 7. The summed E-state index contributed by atoms with van der Waals surface area (Å²) in [6.45, 7) is 0.0470. The van der Waals surface area contributed by atoms with Crippen LogP contribution in [-0.2, 0) is 6.61 Å². The maximum Gasteiger partial charge on any atom is 0.462 e. The molecule has 0 saturated heterocycles. The van der Waals surface area contributed by atoms with Crippen LogP contribution >= 0.6 is 50.1 Å². The van der Waals surface area contributed by atoms with Crippen LogP contribution in [-0.4, -0.2) is 24.4 Å². The number of alkyl halides is 7. The first-order valence-electron chi connectivity index (χ1n) is 7.73. The minimum atomic E-state index is -6.46. The summed E-state index contributed by atoms with van der Waals surface area (Å²) in [5, 5.41) is 3.38. The van der Waals surface area contributed by atoms with Gasteiger partial charge in [-0.1, -0.05) is 39.7 Å². The molecule has 0 amide bonds. The van der Waals surface area contributed by atoms with E-state index in [2.05, 4.69) is 21.0 Å². The molecule has 0 saturated carbocycles. The standard InChI is InChI=1S/C17H10BrClF7IN2O/c18-11-5-10(7-28-29-17(25,26)15(20,21)16(22,23)24)14(13(27)6-11)30-8-9-1-3-12(19)4-2-9/h1-7,29H,8H2/b28-7-. The average molecular weight is 634 g/mol. The minimum absolute atomic E-state index is 0.0470. The van der Waals surface area contributed by atoms with E-state index >= 15 is 0 Å². The molecule has 164 valence electrons. The molecule has 1 N–H and O–H groups in total. The highest BCUT2D eigenvalue weighted by molar-refractivity contribution is 14.1. The van der Waals surface area contributed by atoms with Crippen LogP contribution in [0.4, 0.5) is 30.7 Å². The predicted molar refractivity (Wildman–Crippen MR) is 109 cm³/mol. The van der Waals surface area contributed by atoms with E-state index in [9.17, 15) is 30.7 Å². The van der Waals surface area contributed by atoms with Gasteiger partial charge in [0, 0.05) is 15.1 Å². The molecule has 13 heteroatoms. The molecule has 0 radical (unpaired) electrons. The molecule has 3 nitrogen and oxygen atoms in total. The van der Waals surface area contributed by atoms with Crippen LogP contribution in [0.15, 0.2) is 46.0 Å². The van der Waals surface area contributed by atoms with Crippen molar-refractivity contribution in [2.45, 2.75) is 24.8 Å². The zero-order chi connectivity index (χ0) is 22.7. The van der Waals surface area contributed by atoms with Crippen molar-refractivity contribution in [2.24, 2.45) is 5.10 Å². The van der Waals surface area contributed by atoms with Crippen molar-refractivity contribution in [3.8, 4) is 5.75 Å². The van der Waals surface area contributed by atoms with Gasteiger partial charge >= 0.3 is 18.1 Å². The van der Waals surface area contributed by atoms with Crippen LogP contribution in [0.5, 0.6) is 5.75 Å². The zero-order valence-electron chi connectivity index (χ0n) is 14.4. The number of nitrogens with zero attached hydrogens (tertiary/aromatic N) is 1. The summed E-state index contributed by atoms with van der Waals surface area (Å²) >= 11 is 10.8. The second-order valence-electron chi connectivity index (χ2n) is 5.74. The van der Waals surface area contributed by atoms with Gasteiger partial charge in [0.15, 0.2) is 0 Å². The van der Waals surface area contributed by atoms with Gasteiger partial charge in [0.05, 0.1) is 9.78 Å². The highest BCUT2D eigenvalue weighted by Gasteiger charge is 2.73. The van der Waals surface area contributed by atoms with Crippen molar-refractivity contribution in [3.63, 3.8) is 0 Å².